The van der Waals surface area contributed by atoms with Gasteiger partial charge in [-0.1, -0.05) is 6.07 Å². The molecule has 0 unspecified atom stereocenters. The highest BCUT2D eigenvalue weighted by atomic mass is 32.2. The molecular formula is C12H19NO2S. The molecule has 0 fully saturated rings. The zero-order chi connectivity index (χ0) is 11.8. The van der Waals surface area contributed by atoms with E-state index in [0.29, 0.717) is 0 Å². The predicted molar refractivity (Wildman–Crippen MR) is 69.4 cm³/mol. The van der Waals surface area contributed by atoms with Gasteiger partial charge in [-0.2, -0.15) is 11.8 Å². The normalized spacial score (nSPS) is 10.2. The highest BCUT2D eigenvalue weighted by molar-refractivity contribution is 7.98. The number of ether oxygens (including phenoxy) is 2. The molecule has 3 nitrogen and oxygen atoms in total. The van der Waals surface area contributed by atoms with Gasteiger partial charge < -0.3 is 15.2 Å². The minimum absolute atomic E-state index is 0.763. The van der Waals surface area contributed by atoms with Crippen LogP contribution in [0.3, 0.4) is 0 Å². The minimum atomic E-state index is 0.763. The highest BCUT2D eigenvalue weighted by Crippen LogP contribution is 2.29. The molecule has 0 saturated heterocycles. The van der Waals surface area contributed by atoms with Crippen LogP contribution in [0.2, 0.25) is 0 Å². The van der Waals surface area contributed by atoms with Gasteiger partial charge in [-0.15, -0.1) is 0 Å². The summed E-state index contributed by atoms with van der Waals surface area (Å²) in [6, 6.07) is 6.03. The monoisotopic (exact) mass is 241 g/mol. The fraction of sp³-hybridized carbons (Fsp3) is 0.500. The van der Waals surface area contributed by atoms with Crippen molar-refractivity contribution in [3.63, 3.8) is 0 Å². The summed E-state index contributed by atoms with van der Waals surface area (Å²) in [6.07, 6.45) is 1.07. The van der Waals surface area contributed by atoms with Crippen LogP contribution < -0.4 is 15.2 Å². The zero-order valence-corrected chi connectivity index (χ0v) is 10.7. The quantitative estimate of drug-likeness (QED) is 0.744. The number of hydrogen-bond donors (Lipinski definition) is 1. The predicted octanol–water partition coefficient (Wildman–Crippen LogP) is 2.29. The standard InChI is InChI=1S/C12H19NO2S/c1-14-11-5-4-10(8-12(11)15-2)9-16-7-3-6-13/h4-5,8H,3,6-7,9,13H2,1-2H3. The Morgan fingerprint density at radius 2 is 1.94 bits per heavy atom. The van der Waals surface area contributed by atoms with Crippen molar-refractivity contribution < 1.29 is 9.47 Å². The van der Waals surface area contributed by atoms with Crippen molar-refractivity contribution in [1.29, 1.82) is 0 Å². The molecule has 1 aromatic carbocycles. The number of rotatable bonds is 7. The molecule has 0 amide bonds. The van der Waals surface area contributed by atoms with E-state index in [4.69, 9.17) is 15.2 Å². The maximum atomic E-state index is 5.44. The Morgan fingerprint density at radius 3 is 2.56 bits per heavy atom. The third-order valence-corrected chi connectivity index (χ3v) is 3.32. The molecule has 0 spiro atoms. The zero-order valence-electron chi connectivity index (χ0n) is 9.86. The van der Waals surface area contributed by atoms with E-state index in [-0.39, 0.29) is 0 Å². The summed E-state index contributed by atoms with van der Waals surface area (Å²) in [6.45, 7) is 0.763. The molecule has 1 aromatic rings. The third-order valence-electron chi connectivity index (χ3n) is 2.21. The Labute approximate surface area is 101 Å². The number of benzene rings is 1. The summed E-state index contributed by atoms with van der Waals surface area (Å²) < 4.78 is 10.4. The van der Waals surface area contributed by atoms with Crippen molar-refractivity contribution in [2.24, 2.45) is 5.73 Å². The Bertz CT molecular complexity index is 318. The maximum Gasteiger partial charge on any atom is 0.161 e. The molecule has 2 N–H and O–H groups in total. The molecule has 1 rings (SSSR count). The minimum Gasteiger partial charge on any atom is -0.493 e. The van der Waals surface area contributed by atoms with E-state index in [1.165, 1.54) is 5.56 Å². The fourth-order valence-corrected chi connectivity index (χ4v) is 2.28. The molecule has 0 radical (unpaired) electrons. The molecule has 0 saturated carbocycles. The topological polar surface area (TPSA) is 44.5 Å². The first-order chi connectivity index (χ1) is 7.81. The van der Waals surface area contributed by atoms with E-state index in [1.807, 2.05) is 23.9 Å². The van der Waals surface area contributed by atoms with Crippen LogP contribution in [0.15, 0.2) is 18.2 Å². The van der Waals surface area contributed by atoms with Crippen molar-refractivity contribution in [3.8, 4) is 11.5 Å². The van der Waals surface area contributed by atoms with Gasteiger partial charge in [0.05, 0.1) is 14.2 Å². The molecule has 4 heteroatoms. The first kappa shape index (κ1) is 13.2. The van der Waals surface area contributed by atoms with Crippen LogP contribution in [-0.2, 0) is 5.75 Å². The van der Waals surface area contributed by atoms with Gasteiger partial charge in [0.25, 0.3) is 0 Å². The van der Waals surface area contributed by atoms with Gasteiger partial charge >= 0.3 is 0 Å². The van der Waals surface area contributed by atoms with Crippen LogP contribution in [0.5, 0.6) is 11.5 Å². The molecule has 0 bridgehead atoms. The average Bonchev–Trinajstić information content (AvgIpc) is 2.34. The average molecular weight is 241 g/mol. The Hall–Kier alpha value is -0.870. The molecule has 0 atom stereocenters. The second-order valence-electron chi connectivity index (χ2n) is 3.38. The Balaban J connectivity index is 2.54. The third kappa shape index (κ3) is 3.94. The van der Waals surface area contributed by atoms with Crippen LogP contribution >= 0.6 is 11.8 Å². The van der Waals surface area contributed by atoms with Gasteiger partial charge in [-0.05, 0) is 36.4 Å². The van der Waals surface area contributed by atoms with Gasteiger partial charge in [0.2, 0.25) is 0 Å². The molecule has 90 valence electrons. The number of thioether (sulfide) groups is 1. The smallest absolute Gasteiger partial charge is 0.161 e. The van der Waals surface area contributed by atoms with Crippen LogP contribution in [0, 0.1) is 0 Å². The lowest BCUT2D eigenvalue weighted by molar-refractivity contribution is 0.354. The lowest BCUT2D eigenvalue weighted by Crippen LogP contribution is -1.99. The summed E-state index contributed by atoms with van der Waals surface area (Å²) in [4.78, 5) is 0. The van der Waals surface area contributed by atoms with Crippen molar-refractivity contribution >= 4 is 11.8 Å². The Kier molecular flexibility index (Phi) is 6.11. The van der Waals surface area contributed by atoms with E-state index >= 15 is 0 Å². The number of hydrogen-bond acceptors (Lipinski definition) is 4. The fourth-order valence-electron chi connectivity index (χ4n) is 1.35. The molecule has 0 aliphatic heterocycles. The number of methoxy groups -OCH3 is 2. The molecule has 0 aliphatic carbocycles. The largest absolute Gasteiger partial charge is 0.493 e. The van der Waals surface area contributed by atoms with Crippen LogP contribution in [0.4, 0.5) is 0 Å². The van der Waals surface area contributed by atoms with Gasteiger partial charge in [0.15, 0.2) is 11.5 Å². The van der Waals surface area contributed by atoms with Crippen molar-refractivity contribution in [1.82, 2.24) is 0 Å². The Morgan fingerprint density at radius 1 is 1.19 bits per heavy atom. The first-order valence-electron chi connectivity index (χ1n) is 5.30. The van der Waals surface area contributed by atoms with Crippen LogP contribution in [0.1, 0.15) is 12.0 Å². The van der Waals surface area contributed by atoms with E-state index in [1.54, 1.807) is 14.2 Å². The molecule has 16 heavy (non-hydrogen) atoms. The van der Waals surface area contributed by atoms with Crippen LogP contribution in [-0.4, -0.2) is 26.5 Å². The van der Waals surface area contributed by atoms with Crippen LogP contribution in [0.25, 0.3) is 0 Å². The van der Waals surface area contributed by atoms with E-state index in [2.05, 4.69) is 6.07 Å². The highest BCUT2D eigenvalue weighted by Gasteiger charge is 2.04. The van der Waals surface area contributed by atoms with Gasteiger partial charge in [-0.3, -0.25) is 0 Å². The van der Waals surface area contributed by atoms with Gasteiger partial charge in [-0.25, -0.2) is 0 Å². The second kappa shape index (κ2) is 7.41. The van der Waals surface area contributed by atoms with Crippen molar-refractivity contribution in [2.45, 2.75) is 12.2 Å². The molecule has 0 aliphatic rings. The molecule has 0 aromatic heterocycles. The first-order valence-corrected chi connectivity index (χ1v) is 6.46. The number of nitrogens with two attached hydrogens (primary N) is 1. The van der Waals surface area contributed by atoms with Crippen molar-refractivity contribution in [3.05, 3.63) is 23.8 Å². The van der Waals surface area contributed by atoms with E-state index in [9.17, 15) is 0 Å². The maximum absolute atomic E-state index is 5.44. The van der Waals surface area contributed by atoms with E-state index < -0.39 is 0 Å². The summed E-state index contributed by atoms with van der Waals surface area (Å²) in [5.41, 5.74) is 6.69. The summed E-state index contributed by atoms with van der Waals surface area (Å²) in [7, 11) is 3.30. The molecule has 0 heterocycles. The summed E-state index contributed by atoms with van der Waals surface area (Å²) in [5, 5.41) is 0. The lowest BCUT2D eigenvalue weighted by atomic mass is 10.2. The second-order valence-corrected chi connectivity index (χ2v) is 4.49. The summed E-state index contributed by atoms with van der Waals surface area (Å²) in [5.74, 6) is 3.66. The van der Waals surface area contributed by atoms with Crippen molar-refractivity contribution in [2.75, 3.05) is 26.5 Å². The molecular weight excluding hydrogens is 222 g/mol. The van der Waals surface area contributed by atoms with Gasteiger partial charge in [0.1, 0.15) is 0 Å². The van der Waals surface area contributed by atoms with E-state index in [0.717, 1.165) is 36.0 Å². The van der Waals surface area contributed by atoms with Gasteiger partial charge in [0, 0.05) is 5.75 Å². The SMILES string of the molecule is COc1ccc(CSCCCN)cc1OC. The summed E-state index contributed by atoms with van der Waals surface area (Å²) >= 11 is 1.89. The lowest BCUT2D eigenvalue weighted by Gasteiger charge is -2.09.